The van der Waals surface area contributed by atoms with E-state index in [9.17, 15) is 0 Å². The van der Waals surface area contributed by atoms with Gasteiger partial charge in [0.05, 0.1) is 11.2 Å². The van der Waals surface area contributed by atoms with Gasteiger partial charge in [-0.3, -0.25) is 0 Å². The van der Waals surface area contributed by atoms with Crippen molar-refractivity contribution in [3.05, 3.63) is 0 Å². The fraction of sp³-hybridized carbons (Fsp3) is 1.00. The van der Waals surface area contributed by atoms with E-state index in [0.717, 1.165) is 0 Å². The minimum atomic E-state index is -0.500. The van der Waals surface area contributed by atoms with Crippen molar-refractivity contribution in [3.8, 4) is 0 Å². The third-order valence-corrected chi connectivity index (χ3v) is 0. The molecule has 0 rings (SSSR count). The van der Waals surface area contributed by atoms with Gasteiger partial charge in [-0.25, -0.2) is 0 Å². The van der Waals surface area contributed by atoms with Crippen molar-refractivity contribution < 1.29 is 27.3 Å². The van der Waals surface area contributed by atoms with Crippen molar-refractivity contribution in [1.29, 1.82) is 0 Å². The molecule has 0 bridgehead atoms. The third kappa shape index (κ3) is 1910. The molecule has 0 aliphatic carbocycles. The Morgan fingerprint density at radius 1 is 0.667 bits per heavy atom. The topological polar surface area (TPSA) is 40.5 Å². The molecule has 0 unspecified atom stereocenters. The zero-order valence-corrected chi connectivity index (χ0v) is 10.6. The van der Waals surface area contributed by atoms with Crippen LogP contribution in [0, 0.1) is 0 Å². The summed E-state index contributed by atoms with van der Waals surface area (Å²) < 4.78 is 0. The van der Waals surface area contributed by atoms with E-state index in [2.05, 4.69) is 0 Å². The van der Waals surface area contributed by atoms with Gasteiger partial charge < -0.3 is 10.2 Å². The molecule has 0 spiro atoms. The van der Waals surface area contributed by atoms with E-state index < -0.39 is 11.2 Å². The zero-order chi connectivity index (χ0) is 9.00. The SMILES string of the molecule is CC(C)(C)O.CC(C)(C)O.Cl.[Fe]. The van der Waals surface area contributed by atoms with Gasteiger partial charge >= 0.3 is 0 Å². The second kappa shape index (κ2) is 8.33. The monoisotopic (exact) mass is 240 g/mol. The van der Waals surface area contributed by atoms with Gasteiger partial charge in [0.2, 0.25) is 0 Å². The van der Waals surface area contributed by atoms with E-state index >= 15 is 0 Å². The van der Waals surface area contributed by atoms with Crippen LogP contribution >= 0.6 is 12.4 Å². The second-order valence-electron chi connectivity index (χ2n) is 4.34. The standard InChI is InChI=1S/2C4H10O.ClH.Fe/c2*1-4(2,3)5;;/h2*5H,1-3H3;1H;. The summed E-state index contributed by atoms with van der Waals surface area (Å²) in [5, 5.41) is 17.0. The molecule has 0 heterocycles. The van der Waals surface area contributed by atoms with Gasteiger partial charge in [-0.1, -0.05) is 0 Å². The van der Waals surface area contributed by atoms with Gasteiger partial charge in [0.25, 0.3) is 0 Å². The van der Waals surface area contributed by atoms with Gasteiger partial charge in [0.15, 0.2) is 0 Å². The van der Waals surface area contributed by atoms with Crippen molar-refractivity contribution in [1.82, 2.24) is 0 Å². The molecule has 12 heavy (non-hydrogen) atoms. The largest absolute Gasteiger partial charge is 0.391 e. The first-order valence-electron chi connectivity index (χ1n) is 3.45. The molecule has 2 N–H and O–H groups in total. The molecule has 0 atom stereocenters. The Morgan fingerprint density at radius 3 is 0.667 bits per heavy atom. The molecule has 0 aliphatic heterocycles. The summed E-state index contributed by atoms with van der Waals surface area (Å²) in [4.78, 5) is 0. The quantitative estimate of drug-likeness (QED) is 0.636. The minimum Gasteiger partial charge on any atom is -0.391 e. The minimum absolute atomic E-state index is 0. The van der Waals surface area contributed by atoms with E-state index in [1.165, 1.54) is 0 Å². The smallest absolute Gasteiger partial charge is 0.0563 e. The van der Waals surface area contributed by atoms with Gasteiger partial charge in [-0.2, -0.15) is 0 Å². The molecule has 4 heteroatoms. The van der Waals surface area contributed by atoms with Crippen LogP contribution in [0.2, 0.25) is 0 Å². The summed E-state index contributed by atoms with van der Waals surface area (Å²) in [6.07, 6.45) is 0. The summed E-state index contributed by atoms with van der Waals surface area (Å²) in [6.45, 7) is 10.5. The molecule has 0 aromatic carbocycles. The number of aliphatic hydroxyl groups is 2. The predicted molar refractivity (Wildman–Crippen MR) is 51.2 cm³/mol. The maximum absolute atomic E-state index is 8.52. The van der Waals surface area contributed by atoms with Gasteiger partial charge in [-0.15, -0.1) is 12.4 Å². The first kappa shape index (κ1) is 23.0. The molecule has 0 fully saturated rings. The van der Waals surface area contributed by atoms with Gasteiger partial charge in [-0.05, 0) is 41.5 Å². The van der Waals surface area contributed by atoms with Crippen LogP contribution in [0.3, 0.4) is 0 Å². The molecule has 0 amide bonds. The third-order valence-electron chi connectivity index (χ3n) is 0. The van der Waals surface area contributed by atoms with Crippen LogP contribution in [0.5, 0.6) is 0 Å². The van der Waals surface area contributed by atoms with E-state index in [0.29, 0.717) is 0 Å². The molecule has 2 nitrogen and oxygen atoms in total. The Hall–Kier alpha value is 0.729. The van der Waals surface area contributed by atoms with Crippen LogP contribution < -0.4 is 0 Å². The number of hydrogen-bond acceptors (Lipinski definition) is 2. The van der Waals surface area contributed by atoms with Crippen molar-refractivity contribution in [2.24, 2.45) is 0 Å². The average molecular weight is 241 g/mol. The summed E-state index contributed by atoms with van der Waals surface area (Å²) in [5.41, 5.74) is -1.00. The second-order valence-corrected chi connectivity index (χ2v) is 4.34. The molecule has 0 aromatic heterocycles. The van der Waals surface area contributed by atoms with Crippen LogP contribution in [0.15, 0.2) is 0 Å². The molecule has 0 aliphatic rings. The average Bonchev–Trinajstić information content (AvgIpc) is 1.12. The maximum Gasteiger partial charge on any atom is 0.0563 e. The molecule has 0 radical (unpaired) electrons. The first-order valence-corrected chi connectivity index (χ1v) is 3.45. The Bertz CT molecular complexity index is 60.0. The molecule has 0 saturated carbocycles. The number of halogens is 1. The van der Waals surface area contributed by atoms with Crippen LogP contribution in [0.4, 0.5) is 0 Å². The molecule has 0 saturated heterocycles. The first-order chi connectivity index (χ1) is 4.00. The molecule has 80 valence electrons. The van der Waals surface area contributed by atoms with Crippen LogP contribution in [0.1, 0.15) is 41.5 Å². The molecular formula is C8H21ClFeO2. The number of hydrogen-bond donors (Lipinski definition) is 2. The van der Waals surface area contributed by atoms with Crippen molar-refractivity contribution >= 4 is 12.4 Å². The van der Waals surface area contributed by atoms with Crippen LogP contribution in [-0.4, -0.2) is 21.4 Å². The summed E-state index contributed by atoms with van der Waals surface area (Å²) >= 11 is 0. The van der Waals surface area contributed by atoms with E-state index in [1.54, 1.807) is 41.5 Å². The van der Waals surface area contributed by atoms with Gasteiger partial charge in [0, 0.05) is 17.1 Å². The summed E-state index contributed by atoms with van der Waals surface area (Å²) in [6, 6.07) is 0. The predicted octanol–water partition coefficient (Wildman–Crippen LogP) is 1.97. The Balaban J connectivity index is -0.0000000457. The number of rotatable bonds is 0. The molecule has 0 aromatic rings. The fourth-order valence-electron chi connectivity index (χ4n) is 0. The Labute approximate surface area is 92.6 Å². The summed E-state index contributed by atoms with van der Waals surface area (Å²) in [7, 11) is 0. The van der Waals surface area contributed by atoms with Crippen molar-refractivity contribution in [2.75, 3.05) is 0 Å². The Morgan fingerprint density at radius 2 is 0.667 bits per heavy atom. The van der Waals surface area contributed by atoms with Crippen molar-refractivity contribution in [2.45, 2.75) is 52.7 Å². The van der Waals surface area contributed by atoms with E-state index in [-0.39, 0.29) is 29.5 Å². The normalized spacial score (nSPS) is 10.0. The van der Waals surface area contributed by atoms with E-state index in [1.807, 2.05) is 0 Å². The van der Waals surface area contributed by atoms with Crippen molar-refractivity contribution in [3.63, 3.8) is 0 Å². The van der Waals surface area contributed by atoms with Crippen LogP contribution in [0.25, 0.3) is 0 Å². The van der Waals surface area contributed by atoms with Gasteiger partial charge in [0.1, 0.15) is 0 Å². The fourth-order valence-corrected chi connectivity index (χ4v) is 0. The summed E-state index contributed by atoms with van der Waals surface area (Å²) in [5.74, 6) is 0. The molecular weight excluding hydrogens is 219 g/mol. The van der Waals surface area contributed by atoms with Crippen LogP contribution in [-0.2, 0) is 17.1 Å². The zero-order valence-electron chi connectivity index (χ0n) is 8.66. The maximum atomic E-state index is 8.52. The Kier molecular flexibility index (Phi) is 16.0. The van der Waals surface area contributed by atoms with E-state index in [4.69, 9.17) is 10.2 Å².